The van der Waals surface area contributed by atoms with Crippen LogP contribution < -0.4 is 10.1 Å². The molecule has 0 radical (unpaired) electrons. The summed E-state index contributed by atoms with van der Waals surface area (Å²) in [5.74, 6) is 2.07. The van der Waals surface area contributed by atoms with Crippen LogP contribution in [-0.2, 0) is 6.54 Å². The van der Waals surface area contributed by atoms with Gasteiger partial charge in [0, 0.05) is 6.54 Å². The number of hydrogen-bond acceptors (Lipinski definition) is 5. The minimum absolute atomic E-state index is 0.0186. The van der Waals surface area contributed by atoms with Gasteiger partial charge in [-0.3, -0.25) is 0 Å². The first-order chi connectivity index (χ1) is 18.7. The van der Waals surface area contributed by atoms with Crippen LogP contribution in [0.1, 0.15) is 105 Å². The first-order valence-electron chi connectivity index (χ1n) is 16.1. The van der Waals surface area contributed by atoms with Crippen LogP contribution in [0.15, 0.2) is 24.3 Å². The normalized spacial score (nSPS) is 43.8. The monoisotopic (exact) mass is 555 g/mol. The molecule has 0 saturated heterocycles. The van der Waals surface area contributed by atoms with E-state index in [1.54, 1.807) is 7.11 Å². The van der Waals surface area contributed by atoms with Crippen LogP contribution >= 0.6 is 0 Å². The Labute approximate surface area is 243 Å². The number of rotatable bonds is 8. The van der Waals surface area contributed by atoms with Crippen LogP contribution in [0.4, 0.5) is 0 Å². The van der Waals surface area contributed by atoms with Crippen molar-refractivity contribution in [3.05, 3.63) is 29.8 Å². The number of aliphatic hydroxyl groups is 3. The van der Waals surface area contributed by atoms with Crippen LogP contribution in [0.2, 0.25) is 0 Å². The number of ether oxygens (including phenoxy) is 1. The molecule has 4 N–H and O–H groups in total. The zero-order valence-electron chi connectivity index (χ0n) is 26.3. The maximum Gasteiger partial charge on any atom is 0.118 e. The topological polar surface area (TPSA) is 82.0 Å². The summed E-state index contributed by atoms with van der Waals surface area (Å²) < 4.78 is 5.25. The van der Waals surface area contributed by atoms with Gasteiger partial charge in [-0.1, -0.05) is 46.8 Å². The van der Waals surface area contributed by atoms with Crippen LogP contribution in [-0.4, -0.2) is 46.8 Å². The Bertz CT molecular complexity index is 1040. The van der Waals surface area contributed by atoms with E-state index >= 15 is 0 Å². The Hall–Kier alpha value is -1.14. The van der Waals surface area contributed by atoms with Gasteiger partial charge in [0.15, 0.2) is 0 Å². The standard InChI is InChI=1S/C35H57NO4/c1-31(2)27-14-19-33(4)28(32(27,3)17-15-29(31)38)21-26(37)30-25(13-18-34(30,33)5)35(6,39)16-8-20-36-22-23-9-11-24(40-7)12-10-23/h9-12,25-30,36-39H,8,13-22H2,1-7H3/t25-,26+,27?,28?,29-,30?,32-,33+,34+,35-/m0/s1. The highest BCUT2D eigenvalue weighted by molar-refractivity contribution is 5.27. The molecule has 3 unspecified atom stereocenters. The third kappa shape index (κ3) is 4.66. The van der Waals surface area contributed by atoms with Gasteiger partial charge in [0.2, 0.25) is 0 Å². The molecule has 5 heteroatoms. The van der Waals surface area contributed by atoms with Gasteiger partial charge in [-0.05, 0) is 134 Å². The maximum absolute atomic E-state index is 11.9. The van der Waals surface area contributed by atoms with Crippen molar-refractivity contribution in [3.8, 4) is 5.75 Å². The number of aliphatic hydroxyl groups excluding tert-OH is 2. The highest BCUT2D eigenvalue weighted by atomic mass is 16.5. The SMILES string of the molecule is COc1ccc(CNCCC[C@](C)(O)[C@H]2CC[C@]3(C)C2[C@H](O)CC2[C@@]4(C)CC[C@H](O)C(C)(C)C4CC[C@]23C)cc1. The quantitative estimate of drug-likeness (QED) is 0.282. The first-order valence-corrected chi connectivity index (χ1v) is 16.1. The molecule has 0 aromatic heterocycles. The Morgan fingerprint density at radius 1 is 0.925 bits per heavy atom. The lowest BCUT2D eigenvalue weighted by molar-refractivity contribution is -0.246. The van der Waals surface area contributed by atoms with Crippen LogP contribution in [0, 0.1) is 45.3 Å². The molecule has 1 aromatic rings. The average molecular weight is 556 g/mol. The zero-order valence-corrected chi connectivity index (χ0v) is 26.3. The minimum Gasteiger partial charge on any atom is -0.497 e. The Kier molecular flexibility index (Phi) is 7.99. The van der Waals surface area contributed by atoms with E-state index in [-0.39, 0.29) is 45.7 Å². The number of hydrogen-bond donors (Lipinski definition) is 4. The molecule has 0 aliphatic heterocycles. The third-order valence-corrected chi connectivity index (χ3v) is 13.7. The van der Waals surface area contributed by atoms with Gasteiger partial charge in [-0.15, -0.1) is 0 Å². The fourth-order valence-corrected chi connectivity index (χ4v) is 11.2. The molecule has 226 valence electrons. The van der Waals surface area contributed by atoms with E-state index in [2.05, 4.69) is 52.1 Å². The fraction of sp³-hybridized carbons (Fsp3) is 0.829. The van der Waals surface area contributed by atoms with Crippen LogP contribution in [0.3, 0.4) is 0 Å². The molecule has 0 amide bonds. The lowest BCUT2D eigenvalue weighted by atomic mass is 9.35. The molecule has 5 rings (SSSR count). The van der Waals surface area contributed by atoms with Crippen molar-refractivity contribution in [2.75, 3.05) is 13.7 Å². The number of benzene rings is 1. The van der Waals surface area contributed by atoms with Crippen molar-refractivity contribution in [2.24, 2.45) is 45.3 Å². The van der Waals surface area contributed by atoms with Gasteiger partial charge in [0.25, 0.3) is 0 Å². The molecular formula is C35H57NO4. The summed E-state index contributed by atoms with van der Waals surface area (Å²) in [6.45, 7) is 15.8. The molecule has 4 aliphatic rings. The average Bonchev–Trinajstić information content (AvgIpc) is 3.29. The smallest absolute Gasteiger partial charge is 0.118 e. The Morgan fingerprint density at radius 2 is 1.60 bits per heavy atom. The molecule has 4 saturated carbocycles. The van der Waals surface area contributed by atoms with Gasteiger partial charge in [-0.25, -0.2) is 0 Å². The zero-order chi connectivity index (χ0) is 29.1. The molecule has 0 heterocycles. The maximum atomic E-state index is 11.9. The summed E-state index contributed by atoms with van der Waals surface area (Å²) in [4.78, 5) is 0. The second-order valence-electron chi connectivity index (χ2n) is 15.8. The van der Waals surface area contributed by atoms with E-state index in [1.807, 2.05) is 19.1 Å². The van der Waals surface area contributed by atoms with Crippen molar-refractivity contribution < 1.29 is 20.1 Å². The highest BCUT2D eigenvalue weighted by Gasteiger charge is 2.71. The van der Waals surface area contributed by atoms with Crippen molar-refractivity contribution in [1.82, 2.24) is 5.32 Å². The molecule has 0 bridgehead atoms. The van der Waals surface area contributed by atoms with Crippen molar-refractivity contribution in [1.29, 1.82) is 0 Å². The van der Waals surface area contributed by atoms with Crippen LogP contribution in [0.5, 0.6) is 5.75 Å². The second kappa shape index (κ2) is 10.5. The van der Waals surface area contributed by atoms with Gasteiger partial charge >= 0.3 is 0 Å². The van der Waals surface area contributed by atoms with Gasteiger partial charge in [0.05, 0.1) is 24.9 Å². The van der Waals surface area contributed by atoms with Gasteiger partial charge in [-0.2, -0.15) is 0 Å². The summed E-state index contributed by atoms with van der Waals surface area (Å²) in [6.07, 6.45) is 8.23. The summed E-state index contributed by atoms with van der Waals surface area (Å²) >= 11 is 0. The first kappa shape index (κ1) is 30.3. The lowest BCUT2D eigenvalue weighted by Gasteiger charge is -2.70. The molecule has 4 fully saturated rings. The van der Waals surface area contributed by atoms with E-state index in [9.17, 15) is 15.3 Å². The summed E-state index contributed by atoms with van der Waals surface area (Å²) in [7, 11) is 1.69. The van der Waals surface area contributed by atoms with E-state index in [0.717, 1.165) is 76.6 Å². The van der Waals surface area contributed by atoms with E-state index < -0.39 is 5.60 Å². The molecule has 10 atom stereocenters. The molecular weight excluding hydrogens is 498 g/mol. The molecule has 1 aromatic carbocycles. The molecule has 5 nitrogen and oxygen atoms in total. The predicted molar refractivity (Wildman–Crippen MR) is 161 cm³/mol. The summed E-state index contributed by atoms with van der Waals surface area (Å²) in [6, 6.07) is 8.16. The predicted octanol–water partition coefficient (Wildman–Crippen LogP) is 6.33. The van der Waals surface area contributed by atoms with Gasteiger partial charge in [0.1, 0.15) is 5.75 Å². The van der Waals surface area contributed by atoms with E-state index in [4.69, 9.17) is 4.74 Å². The number of nitrogens with one attached hydrogen (secondary N) is 1. The lowest BCUT2D eigenvalue weighted by Crippen LogP contribution is -2.66. The highest BCUT2D eigenvalue weighted by Crippen LogP contribution is 2.75. The summed E-state index contributed by atoms with van der Waals surface area (Å²) in [5, 5.41) is 38.3. The van der Waals surface area contributed by atoms with Crippen molar-refractivity contribution >= 4 is 0 Å². The van der Waals surface area contributed by atoms with Crippen molar-refractivity contribution in [3.63, 3.8) is 0 Å². The van der Waals surface area contributed by atoms with Crippen molar-refractivity contribution in [2.45, 2.75) is 124 Å². The third-order valence-electron chi connectivity index (χ3n) is 13.7. The summed E-state index contributed by atoms with van der Waals surface area (Å²) in [5.41, 5.74) is 0.662. The molecule has 4 aliphatic carbocycles. The second-order valence-corrected chi connectivity index (χ2v) is 15.8. The number of fused-ring (bicyclic) bond motifs is 5. The minimum atomic E-state index is -0.785. The Balaban J connectivity index is 1.26. The molecule has 40 heavy (non-hydrogen) atoms. The fourth-order valence-electron chi connectivity index (χ4n) is 11.2. The van der Waals surface area contributed by atoms with Gasteiger partial charge < -0.3 is 25.4 Å². The largest absolute Gasteiger partial charge is 0.497 e. The van der Waals surface area contributed by atoms with E-state index in [1.165, 1.54) is 5.56 Å². The van der Waals surface area contributed by atoms with E-state index in [0.29, 0.717) is 11.8 Å². The van der Waals surface area contributed by atoms with Crippen LogP contribution in [0.25, 0.3) is 0 Å². The molecule has 0 spiro atoms. The number of methoxy groups -OCH3 is 1. The Morgan fingerprint density at radius 3 is 2.27 bits per heavy atom.